The molecule has 1 N–H and O–H groups in total. The third-order valence-corrected chi connectivity index (χ3v) is 3.53. The number of benzene rings is 2. The van der Waals surface area contributed by atoms with E-state index in [9.17, 15) is 4.79 Å². The highest BCUT2D eigenvalue weighted by atomic mass is 16.1. The normalized spacial score (nSPS) is 10.5. The highest BCUT2D eigenvalue weighted by Crippen LogP contribution is 2.16. The predicted octanol–water partition coefficient (Wildman–Crippen LogP) is 3.24. The Morgan fingerprint density at radius 3 is 2.40 bits per heavy atom. The number of nitrogens with one attached hydrogen (secondary N) is 1. The van der Waals surface area contributed by atoms with Crippen LogP contribution in [0.2, 0.25) is 0 Å². The molecule has 0 aliphatic heterocycles. The van der Waals surface area contributed by atoms with Crippen LogP contribution in [0.5, 0.6) is 0 Å². The molecule has 0 unspecified atom stereocenters. The highest BCUT2D eigenvalue weighted by molar-refractivity contribution is 6.09. The van der Waals surface area contributed by atoms with Gasteiger partial charge in [0.2, 0.25) is 0 Å². The van der Waals surface area contributed by atoms with E-state index in [1.807, 2.05) is 55.6 Å². The summed E-state index contributed by atoms with van der Waals surface area (Å²) in [5.74, 6) is 0.111. The number of rotatable bonds is 6. The summed E-state index contributed by atoms with van der Waals surface area (Å²) < 4.78 is 0. The summed E-state index contributed by atoms with van der Waals surface area (Å²) in [4.78, 5) is 12.6. The van der Waals surface area contributed by atoms with Gasteiger partial charge in [0.05, 0.1) is 0 Å². The molecule has 0 atom stereocenters. The summed E-state index contributed by atoms with van der Waals surface area (Å²) >= 11 is 0. The number of ketones is 1. The molecule has 0 amide bonds. The number of hydrogen-bond donors (Lipinski definition) is 1. The summed E-state index contributed by atoms with van der Waals surface area (Å²) in [6.45, 7) is 2.99. The van der Waals surface area contributed by atoms with E-state index in [0.29, 0.717) is 0 Å². The van der Waals surface area contributed by atoms with Crippen molar-refractivity contribution in [3.63, 3.8) is 0 Å². The molecular weight excluding hydrogens is 246 g/mol. The Morgan fingerprint density at radius 1 is 1.05 bits per heavy atom. The molecule has 0 aliphatic rings. The standard InChI is InChI=1S/C18H21NO/c1-3-14-8-10-16(11-9-14)18(20)17-7-5-4-6-15(17)12-13-19-2/h4-11,19H,3,12-13H2,1-2H3. The minimum atomic E-state index is 0.111. The molecule has 2 rings (SSSR count). The Morgan fingerprint density at radius 2 is 1.75 bits per heavy atom. The summed E-state index contributed by atoms with van der Waals surface area (Å²) in [7, 11) is 1.92. The summed E-state index contributed by atoms with van der Waals surface area (Å²) in [5.41, 5.74) is 3.93. The van der Waals surface area contributed by atoms with Crippen LogP contribution in [0.3, 0.4) is 0 Å². The molecule has 0 spiro atoms. The molecule has 0 fully saturated rings. The topological polar surface area (TPSA) is 29.1 Å². The smallest absolute Gasteiger partial charge is 0.193 e. The molecule has 2 aromatic rings. The lowest BCUT2D eigenvalue weighted by molar-refractivity contribution is 0.103. The Balaban J connectivity index is 2.27. The molecule has 0 bridgehead atoms. The van der Waals surface area contributed by atoms with Crippen molar-refractivity contribution in [3.05, 3.63) is 70.8 Å². The summed E-state index contributed by atoms with van der Waals surface area (Å²) in [6.07, 6.45) is 1.86. The van der Waals surface area contributed by atoms with E-state index in [1.54, 1.807) is 0 Å². The Hall–Kier alpha value is -1.93. The lowest BCUT2D eigenvalue weighted by Gasteiger charge is -2.09. The number of aryl methyl sites for hydroxylation is 1. The third-order valence-electron chi connectivity index (χ3n) is 3.53. The van der Waals surface area contributed by atoms with Crippen LogP contribution in [-0.4, -0.2) is 19.4 Å². The summed E-state index contributed by atoms with van der Waals surface area (Å²) in [6, 6.07) is 15.8. The fourth-order valence-electron chi connectivity index (χ4n) is 2.27. The maximum atomic E-state index is 12.6. The minimum absolute atomic E-state index is 0.111. The van der Waals surface area contributed by atoms with Gasteiger partial charge in [-0.05, 0) is 37.6 Å². The molecule has 2 aromatic carbocycles. The quantitative estimate of drug-likeness (QED) is 0.814. The zero-order valence-corrected chi connectivity index (χ0v) is 12.1. The molecular formula is C18H21NO. The Labute approximate surface area is 120 Å². The predicted molar refractivity (Wildman–Crippen MR) is 83.3 cm³/mol. The van der Waals surface area contributed by atoms with Crippen molar-refractivity contribution in [3.8, 4) is 0 Å². The zero-order valence-electron chi connectivity index (χ0n) is 12.1. The van der Waals surface area contributed by atoms with Gasteiger partial charge in [-0.2, -0.15) is 0 Å². The van der Waals surface area contributed by atoms with Crippen molar-refractivity contribution in [1.29, 1.82) is 0 Å². The van der Waals surface area contributed by atoms with Crippen LogP contribution in [0.4, 0.5) is 0 Å². The molecule has 0 heterocycles. The molecule has 0 saturated heterocycles. The lowest BCUT2D eigenvalue weighted by atomic mass is 9.96. The first-order chi connectivity index (χ1) is 9.76. The molecule has 0 aliphatic carbocycles. The zero-order chi connectivity index (χ0) is 14.4. The highest BCUT2D eigenvalue weighted by Gasteiger charge is 2.12. The second kappa shape index (κ2) is 7.01. The fraction of sp³-hybridized carbons (Fsp3) is 0.278. The van der Waals surface area contributed by atoms with Crippen LogP contribution >= 0.6 is 0 Å². The second-order valence-electron chi connectivity index (χ2n) is 4.89. The Bertz CT molecular complexity index is 572. The lowest BCUT2D eigenvalue weighted by Crippen LogP contribution is -2.13. The van der Waals surface area contributed by atoms with Gasteiger partial charge in [-0.25, -0.2) is 0 Å². The van der Waals surface area contributed by atoms with Crippen LogP contribution in [0.25, 0.3) is 0 Å². The number of carbonyl (C=O) groups is 1. The molecule has 104 valence electrons. The average Bonchev–Trinajstić information content (AvgIpc) is 2.52. The first-order valence-corrected chi connectivity index (χ1v) is 7.12. The van der Waals surface area contributed by atoms with Crippen molar-refractivity contribution >= 4 is 5.78 Å². The average molecular weight is 267 g/mol. The first kappa shape index (κ1) is 14.5. The monoisotopic (exact) mass is 267 g/mol. The van der Waals surface area contributed by atoms with Gasteiger partial charge in [0.25, 0.3) is 0 Å². The van der Waals surface area contributed by atoms with Crippen molar-refractivity contribution < 1.29 is 4.79 Å². The van der Waals surface area contributed by atoms with E-state index in [4.69, 9.17) is 0 Å². The van der Waals surface area contributed by atoms with Gasteiger partial charge in [0.15, 0.2) is 5.78 Å². The maximum absolute atomic E-state index is 12.6. The van der Waals surface area contributed by atoms with Crippen LogP contribution in [0.15, 0.2) is 48.5 Å². The molecule has 2 heteroatoms. The third kappa shape index (κ3) is 3.34. The largest absolute Gasteiger partial charge is 0.319 e. The SMILES string of the molecule is CCc1ccc(C(=O)c2ccccc2CCNC)cc1. The van der Waals surface area contributed by atoms with Crippen molar-refractivity contribution in [2.75, 3.05) is 13.6 Å². The first-order valence-electron chi connectivity index (χ1n) is 7.12. The number of carbonyl (C=O) groups excluding carboxylic acids is 1. The van der Waals surface area contributed by atoms with Crippen LogP contribution in [0, 0.1) is 0 Å². The van der Waals surface area contributed by atoms with Gasteiger partial charge >= 0.3 is 0 Å². The van der Waals surface area contributed by atoms with Gasteiger partial charge < -0.3 is 5.32 Å². The van der Waals surface area contributed by atoms with Crippen molar-refractivity contribution in [1.82, 2.24) is 5.32 Å². The van der Waals surface area contributed by atoms with Crippen LogP contribution < -0.4 is 5.32 Å². The number of likely N-dealkylation sites (N-methyl/N-ethyl adjacent to an activating group) is 1. The summed E-state index contributed by atoms with van der Waals surface area (Å²) in [5, 5.41) is 3.13. The van der Waals surface area contributed by atoms with Gasteiger partial charge in [-0.1, -0.05) is 55.5 Å². The molecule has 20 heavy (non-hydrogen) atoms. The minimum Gasteiger partial charge on any atom is -0.319 e. The molecule has 0 aromatic heterocycles. The van der Waals surface area contributed by atoms with E-state index >= 15 is 0 Å². The van der Waals surface area contributed by atoms with E-state index in [-0.39, 0.29) is 5.78 Å². The van der Waals surface area contributed by atoms with Gasteiger partial charge in [0, 0.05) is 11.1 Å². The number of hydrogen-bond acceptors (Lipinski definition) is 2. The van der Waals surface area contributed by atoms with Crippen molar-refractivity contribution in [2.24, 2.45) is 0 Å². The fourth-order valence-corrected chi connectivity index (χ4v) is 2.27. The van der Waals surface area contributed by atoms with Crippen LogP contribution in [0.1, 0.15) is 34.0 Å². The molecule has 0 saturated carbocycles. The molecule has 0 radical (unpaired) electrons. The van der Waals surface area contributed by atoms with E-state index in [1.165, 1.54) is 5.56 Å². The van der Waals surface area contributed by atoms with Gasteiger partial charge in [-0.3, -0.25) is 4.79 Å². The molecule has 2 nitrogen and oxygen atoms in total. The van der Waals surface area contributed by atoms with E-state index < -0.39 is 0 Å². The van der Waals surface area contributed by atoms with Crippen molar-refractivity contribution in [2.45, 2.75) is 19.8 Å². The van der Waals surface area contributed by atoms with Crippen LogP contribution in [-0.2, 0) is 12.8 Å². The van der Waals surface area contributed by atoms with E-state index in [2.05, 4.69) is 12.2 Å². The van der Waals surface area contributed by atoms with E-state index in [0.717, 1.165) is 36.1 Å². The second-order valence-corrected chi connectivity index (χ2v) is 4.89. The Kier molecular flexibility index (Phi) is 5.08. The van der Waals surface area contributed by atoms with Gasteiger partial charge in [-0.15, -0.1) is 0 Å². The maximum Gasteiger partial charge on any atom is 0.193 e. The van der Waals surface area contributed by atoms with Gasteiger partial charge in [0.1, 0.15) is 0 Å².